The number of carbonyl (C=O) groups excluding carboxylic acids is 2. The summed E-state index contributed by atoms with van der Waals surface area (Å²) in [5.74, 6) is -1.13. The van der Waals surface area contributed by atoms with Crippen LogP contribution in [0, 0.1) is 0 Å². The molecule has 27 heavy (non-hydrogen) atoms. The predicted molar refractivity (Wildman–Crippen MR) is 103 cm³/mol. The number of aliphatic hydroxyl groups excluding tert-OH is 2. The first-order chi connectivity index (χ1) is 13.1. The Morgan fingerprint density at radius 1 is 1.15 bits per heavy atom. The van der Waals surface area contributed by atoms with E-state index in [1.54, 1.807) is 11.3 Å². The number of thiophene rings is 1. The first-order valence-corrected chi connectivity index (χ1v) is 9.94. The van der Waals surface area contributed by atoms with Gasteiger partial charge in [-0.25, -0.2) is 0 Å². The molecule has 1 aromatic heterocycles. The fourth-order valence-electron chi connectivity index (χ4n) is 3.29. The standard InChI is InChI=1S/C20H24N2O4S/c23-17(19(25)21-10-8-16-7-4-12-27-16)18(24)20(26)22-11-9-15(13-22)14-5-2-1-3-6-14/h1-7,12,15,17-18,23-24H,8-11,13H2,(H,21,25)/t15?,17?,18-/m1/s1. The number of hydrogen-bond acceptors (Lipinski definition) is 5. The fraction of sp³-hybridized carbons (Fsp3) is 0.400. The summed E-state index contributed by atoms with van der Waals surface area (Å²) in [6.07, 6.45) is -2.07. The average molecular weight is 388 g/mol. The quantitative estimate of drug-likeness (QED) is 0.664. The Labute approximate surface area is 162 Å². The number of amides is 2. The third-order valence-electron chi connectivity index (χ3n) is 4.84. The van der Waals surface area contributed by atoms with E-state index in [4.69, 9.17) is 0 Å². The summed E-state index contributed by atoms with van der Waals surface area (Å²) in [6.45, 7) is 1.33. The molecule has 7 heteroatoms. The van der Waals surface area contributed by atoms with E-state index in [1.807, 2.05) is 47.8 Å². The maximum atomic E-state index is 12.5. The number of nitrogens with one attached hydrogen (secondary N) is 1. The Morgan fingerprint density at radius 3 is 2.63 bits per heavy atom. The molecule has 3 rings (SSSR count). The van der Waals surface area contributed by atoms with E-state index in [9.17, 15) is 19.8 Å². The zero-order valence-corrected chi connectivity index (χ0v) is 15.8. The van der Waals surface area contributed by atoms with Crippen LogP contribution in [-0.4, -0.2) is 58.8 Å². The average Bonchev–Trinajstić information content (AvgIpc) is 3.39. The van der Waals surface area contributed by atoms with Crippen molar-refractivity contribution in [3.8, 4) is 0 Å². The van der Waals surface area contributed by atoms with Gasteiger partial charge in [0, 0.05) is 30.4 Å². The number of rotatable bonds is 7. The third-order valence-corrected chi connectivity index (χ3v) is 5.78. The maximum absolute atomic E-state index is 12.5. The van der Waals surface area contributed by atoms with Crippen LogP contribution in [0.15, 0.2) is 47.8 Å². The molecule has 0 spiro atoms. The molecular formula is C20H24N2O4S. The van der Waals surface area contributed by atoms with Crippen molar-refractivity contribution in [2.45, 2.75) is 31.0 Å². The Morgan fingerprint density at radius 2 is 1.93 bits per heavy atom. The summed E-state index contributed by atoms with van der Waals surface area (Å²) < 4.78 is 0. The highest BCUT2D eigenvalue weighted by atomic mass is 32.1. The summed E-state index contributed by atoms with van der Waals surface area (Å²) in [5, 5.41) is 24.7. The van der Waals surface area contributed by atoms with Gasteiger partial charge in [-0.3, -0.25) is 9.59 Å². The molecule has 3 atom stereocenters. The van der Waals surface area contributed by atoms with E-state index >= 15 is 0 Å². The lowest BCUT2D eigenvalue weighted by atomic mass is 9.99. The minimum atomic E-state index is -1.77. The number of likely N-dealkylation sites (tertiary alicyclic amines) is 1. The summed E-state index contributed by atoms with van der Waals surface area (Å²) >= 11 is 1.59. The van der Waals surface area contributed by atoms with Crippen molar-refractivity contribution >= 4 is 23.2 Å². The molecule has 1 saturated heterocycles. The van der Waals surface area contributed by atoms with Gasteiger partial charge in [0.15, 0.2) is 12.2 Å². The molecule has 0 saturated carbocycles. The van der Waals surface area contributed by atoms with Gasteiger partial charge < -0.3 is 20.4 Å². The smallest absolute Gasteiger partial charge is 0.254 e. The minimum absolute atomic E-state index is 0.208. The highest BCUT2D eigenvalue weighted by molar-refractivity contribution is 7.09. The van der Waals surface area contributed by atoms with Crippen LogP contribution in [0.3, 0.4) is 0 Å². The molecule has 144 valence electrons. The van der Waals surface area contributed by atoms with Crippen molar-refractivity contribution in [2.75, 3.05) is 19.6 Å². The van der Waals surface area contributed by atoms with Crippen molar-refractivity contribution in [1.82, 2.24) is 10.2 Å². The van der Waals surface area contributed by atoms with Crippen LogP contribution in [0.25, 0.3) is 0 Å². The molecule has 1 aliphatic heterocycles. The van der Waals surface area contributed by atoms with Gasteiger partial charge in [0.2, 0.25) is 0 Å². The molecule has 0 radical (unpaired) electrons. The van der Waals surface area contributed by atoms with Gasteiger partial charge in [-0.1, -0.05) is 36.4 Å². The summed E-state index contributed by atoms with van der Waals surface area (Å²) in [6, 6.07) is 13.8. The van der Waals surface area contributed by atoms with Gasteiger partial charge >= 0.3 is 0 Å². The van der Waals surface area contributed by atoms with E-state index in [2.05, 4.69) is 5.32 Å². The highest BCUT2D eigenvalue weighted by Gasteiger charge is 2.36. The van der Waals surface area contributed by atoms with Gasteiger partial charge in [-0.15, -0.1) is 11.3 Å². The van der Waals surface area contributed by atoms with Crippen LogP contribution in [0.1, 0.15) is 22.8 Å². The van der Waals surface area contributed by atoms with Gasteiger partial charge in [-0.2, -0.15) is 0 Å². The molecule has 2 amide bonds. The monoisotopic (exact) mass is 388 g/mol. The van der Waals surface area contributed by atoms with Crippen LogP contribution in [0.4, 0.5) is 0 Å². The third kappa shape index (κ3) is 4.94. The summed E-state index contributed by atoms with van der Waals surface area (Å²) in [5.41, 5.74) is 1.15. The molecule has 2 heterocycles. The topological polar surface area (TPSA) is 89.9 Å². The minimum Gasteiger partial charge on any atom is -0.380 e. The van der Waals surface area contributed by atoms with Crippen molar-refractivity contribution in [1.29, 1.82) is 0 Å². The molecule has 1 aliphatic rings. The lowest BCUT2D eigenvalue weighted by Gasteiger charge is -2.23. The molecule has 2 aromatic rings. The largest absolute Gasteiger partial charge is 0.380 e. The SMILES string of the molecule is O=C(NCCc1cccs1)C(O)[C@@H](O)C(=O)N1CCC(c2ccccc2)C1. The second-order valence-electron chi connectivity index (χ2n) is 6.69. The van der Waals surface area contributed by atoms with E-state index in [0.717, 1.165) is 16.9 Å². The van der Waals surface area contributed by atoms with Crippen LogP contribution in [0.5, 0.6) is 0 Å². The Hall–Kier alpha value is -2.22. The fourth-order valence-corrected chi connectivity index (χ4v) is 4.00. The Balaban J connectivity index is 1.48. The lowest BCUT2D eigenvalue weighted by molar-refractivity contribution is -0.152. The zero-order chi connectivity index (χ0) is 19.2. The van der Waals surface area contributed by atoms with Crippen molar-refractivity contribution in [3.63, 3.8) is 0 Å². The van der Waals surface area contributed by atoms with Crippen LogP contribution >= 0.6 is 11.3 Å². The number of nitrogens with zero attached hydrogens (tertiary/aromatic N) is 1. The number of aliphatic hydroxyl groups is 2. The van der Waals surface area contributed by atoms with Gasteiger partial charge in [0.05, 0.1) is 0 Å². The highest BCUT2D eigenvalue weighted by Crippen LogP contribution is 2.27. The first kappa shape index (κ1) is 19.5. The van der Waals surface area contributed by atoms with Crippen molar-refractivity contribution in [2.24, 2.45) is 0 Å². The van der Waals surface area contributed by atoms with Gasteiger partial charge in [-0.05, 0) is 29.9 Å². The van der Waals surface area contributed by atoms with Crippen LogP contribution in [-0.2, 0) is 16.0 Å². The Kier molecular flexibility index (Phi) is 6.60. The zero-order valence-electron chi connectivity index (χ0n) is 15.0. The molecule has 3 N–H and O–H groups in total. The number of carbonyl (C=O) groups is 2. The molecule has 1 fully saturated rings. The molecule has 0 bridgehead atoms. The van der Waals surface area contributed by atoms with Crippen LogP contribution < -0.4 is 5.32 Å². The second kappa shape index (κ2) is 9.12. The normalized spacial score (nSPS) is 18.9. The van der Waals surface area contributed by atoms with E-state index in [1.165, 1.54) is 4.90 Å². The predicted octanol–water partition coefficient (Wildman–Crippen LogP) is 1.14. The van der Waals surface area contributed by atoms with Crippen molar-refractivity contribution < 1.29 is 19.8 Å². The van der Waals surface area contributed by atoms with Crippen molar-refractivity contribution in [3.05, 3.63) is 58.3 Å². The second-order valence-corrected chi connectivity index (χ2v) is 7.72. The van der Waals surface area contributed by atoms with E-state index in [0.29, 0.717) is 26.1 Å². The lowest BCUT2D eigenvalue weighted by Crippen LogP contribution is -2.50. The number of benzene rings is 1. The first-order valence-electron chi connectivity index (χ1n) is 9.06. The molecular weight excluding hydrogens is 364 g/mol. The molecule has 1 aromatic carbocycles. The molecule has 0 aliphatic carbocycles. The number of hydrogen-bond donors (Lipinski definition) is 3. The van der Waals surface area contributed by atoms with Crippen LogP contribution in [0.2, 0.25) is 0 Å². The van der Waals surface area contributed by atoms with Gasteiger partial charge in [0.1, 0.15) is 0 Å². The van der Waals surface area contributed by atoms with E-state index in [-0.39, 0.29) is 5.92 Å². The van der Waals surface area contributed by atoms with E-state index < -0.39 is 24.0 Å². The summed E-state index contributed by atoms with van der Waals surface area (Å²) in [4.78, 5) is 27.1. The summed E-state index contributed by atoms with van der Waals surface area (Å²) in [7, 11) is 0. The van der Waals surface area contributed by atoms with Gasteiger partial charge in [0.25, 0.3) is 11.8 Å². The maximum Gasteiger partial charge on any atom is 0.254 e. The molecule has 6 nitrogen and oxygen atoms in total. The molecule has 2 unspecified atom stereocenters. The Bertz CT molecular complexity index is 751.